The lowest BCUT2D eigenvalue weighted by Crippen LogP contribution is -2.15. The van der Waals surface area contributed by atoms with Crippen LogP contribution >= 0.6 is 0 Å². The number of hydrogen-bond donors (Lipinski definition) is 2. The number of anilines is 2. The van der Waals surface area contributed by atoms with Gasteiger partial charge in [-0.3, -0.25) is 9.52 Å². The maximum atomic E-state index is 13.3. The third kappa shape index (κ3) is 5.36. The van der Waals surface area contributed by atoms with Crippen molar-refractivity contribution in [1.29, 1.82) is 0 Å². The van der Waals surface area contributed by atoms with E-state index in [0.29, 0.717) is 11.8 Å². The molecule has 0 saturated heterocycles. The van der Waals surface area contributed by atoms with Gasteiger partial charge in [-0.05, 0) is 70.6 Å². The Balaban J connectivity index is 1.36. The highest BCUT2D eigenvalue weighted by Gasteiger charge is 2.17. The third-order valence-corrected chi connectivity index (χ3v) is 5.92. The first-order valence-corrected chi connectivity index (χ1v) is 11.0. The predicted molar refractivity (Wildman–Crippen MR) is 115 cm³/mol. The largest absolute Gasteiger partial charge is 0.326 e. The van der Waals surface area contributed by atoms with Crippen LogP contribution in [0.1, 0.15) is 5.56 Å². The summed E-state index contributed by atoms with van der Waals surface area (Å²) in [5.41, 5.74) is 2.18. The van der Waals surface area contributed by atoms with Crippen LogP contribution in [-0.4, -0.2) is 34.5 Å². The second-order valence-corrected chi connectivity index (χ2v) is 8.59. The van der Waals surface area contributed by atoms with Crippen molar-refractivity contribution in [3.63, 3.8) is 0 Å². The minimum Gasteiger partial charge on any atom is -0.326 e. The number of hydrogen-bond acceptors (Lipinski definition) is 6. The molecule has 0 fully saturated rings. The zero-order chi connectivity index (χ0) is 23.4. The van der Waals surface area contributed by atoms with Crippen molar-refractivity contribution in [2.45, 2.75) is 11.3 Å². The van der Waals surface area contributed by atoms with E-state index in [1.807, 2.05) is 0 Å². The van der Waals surface area contributed by atoms with Crippen LogP contribution in [0.3, 0.4) is 0 Å². The molecule has 1 amide bonds. The van der Waals surface area contributed by atoms with Gasteiger partial charge in [0.1, 0.15) is 6.33 Å². The molecule has 3 aromatic carbocycles. The van der Waals surface area contributed by atoms with Crippen molar-refractivity contribution >= 4 is 27.3 Å². The molecule has 4 aromatic rings. The van der Waals surface area contributed by atoms with E-state index >= 15 is 0 Å². The van der Waals surface area contributed by atoms with E-state index in [9.17, 15) is 22.0 Å². The van der Waals surface area contributed by atoms with Crippen LogP contribution < -0.4 is 10.0 Å². The molecule has 0 unspecified atom stereocenters. The predicted octanol–water partition coefficient (Wildman–Crippen LogP) is 2.92. The number of sulfonamides is 1. The molecule has 9 nitrogen and oxygen atoms in total. The molecule has 0 spiro atoms. The summed E-state index contributed by atoms with van der Waals surface area (Å²) in [5.74, 6) is -2.67. The van der Waals surface area contributed by atoms with Crippen LogP contribution in [-0.2, 0) is 21.2 Å². The molecule has 0 aliphatic heterocycles. The summed E-state index contributed by atoms with van der Waals surface area (Å²) >= 11 is 0. The summed E-state index contributed by atoms with van der Waals surface area (Å²) in [6.45, 7) is 0. The van der Waals surface area contributed by atoms with Crippen molar-refractivity contribution in [3.8, 4) is 5.69 Å². The number of carbonyl (C=O) groups is 1. The van der Waals surface area contributed by atoms with Gasteiger partial charge in [0.05, 0.1) is 17.0 Å². The molecule has 1 heterocycles. The summed E-state index contributed by atoms with van der Waals surface area (Å²) in [4.78, 5) is 11.9. The molecular weight excluding hydrogens is 454 g/mol. The molecule has 168 valence electrons. The van der Waals surface area contributed by atoms with E-state index < -0.39 is 26.6 Å². The smallest absolute Gasteiger partial charge is 0.261 e. The number of rotatable bonds is 7. The van der Waals surface area contributed by atoms with Crippen molar-refractivity contribution in [3.05, 3.63) is 90.3 Å². The van der Waals surface area contributed by atoms with Crippen molar-refractivity contribution in [2.75, 3.05) is 10.0 Å². The standard InChI is InChI=1S/C21H16F2N6O3S/c22-19-10-9-18(12-20(19)23)33(31,32)26-16-5-3-15(4-6-16)25-21(30)11-14-1-7-17(8-2-14)29-13-24-27-28-29/h1-10,12-13,26H,11H2,(H,25,30). The maximum absolute atomic E-state index is 13.3. The second kappa shape index (κ2) is 9.12. The summed E-state index contributed by atoms with van der Waals surface area (Å²) < 4.78 is 54.9. The van der Waals surface area contributed by atoms with Crippen LogP contribution in [0.4, 0.5) is 20.2 Å². The number of tetrazole rings is 1. The van der Waals surface area contributed by atoms with Crippen molar-refractivity contribution in [2.24, 2.45) is 0 Å². The Morgan fingerprint density at radius 2 is 1.61 bits per heavy atom. The molecule has 33 heavy (non-hydrogen) atoms. The maximum Gasteiger partial charge on any atom is 0.261 e. The molecule has 0 saturated carbocycles. The minimum absolute atomic E-state index is 0.125. The Morgan fingerprint density at radius 1 is 0.909 bits per heavy atom. The van der Waals surface area contributed by atoms with Gasteiger partial charge in [-0.15, -0.1) is 5.10 Å². The zero-order valence-electron chi connectivity index (χ0n) is 16.8. The summed E-state index contributed by atoms with van der Waals surface area (Å²) in [6, 6.07) is 15.3. The zero-order valence-corrected chi connectivity index (χ0v) is 17.6. The number of halogens is 2. The van der Waals surface area contributed by atoms with Gasteiger partial charge in [0.15, 0.2) is 11.6 Å². The lowest BCUT2D eigenvalue weighted by molar-refractivity contribution is -0.115. The number of carbonyl (C=O) groups excluding carboxylic acids is 1. The third-order valence-electron chi connectivity index (χ3n) is 4.54. The molecule has 0 aliphatic rings. The Morgan fingerprint density at radius 3 is 2.24 bits per heavy atom. The molecule has 2 N–H and O–H groups in total. The van der Waals surface area contributed by atoms with E-state index in [0.717, 1.165) is 23.4 Å². The Bertz CT molecular complexity index is 1380. The number of nitrogens with one attached hydrogen (secondary N) is 2. The average Bonchev–Trinajstić information content (AvgIpc) is 3.32. The van der Waals surface area contributed by atoms with Crippen molar-refractivity contribution in [1.82, 2.24) is 20.2 Å². The van der Waals surface area contributed by atoms with Crippen LogP contribution in [0.5, 0.6) is 0 Å². The molecular formula is C21H16F2N6O3S. The van der Waals surface area contributed by atoms with Crippen LogP contribution in [0.15, 0.2) is 78.0 Å². The fourth-order valence-corrected chi connectivity index (χ4v) is 3.99. The van der Waals surface area contributed by atoms with Gasteiger partial charge in [0.25, 0.3) is 10.0 Å². The van der Waals surface area contributed by atoms with Gasteiger partial charge in [-0.25, -0.2) is 21.9 Å². The molecule has 4 rings (SSSR count). The number of benzene rings is 3. The average molecular weight is 470 g/mol. The SMILES string of the molecule is O=C(Cc1ccc(-n2cnnn2)cc1)Nc1ccc(NS(=O)(=O)c2ccc(F)c(F)c2)cc1. The van der Waals surface area contributed by atoms with Gasteiger partial charge in [-0.1, -0.05) is 12.1 Å². The van der Waals surface area contributed by atoms with Gasteiger partial charge < -0.3 is 5.32 Å². The molecule has 0 atom stereocenters. The highest BCUT2D eigenvalue weighted by Crippen LogP contribution is 2.20. The quantitative estimate of drug-likeness (QED) is 0.429. The molecule has 0 aliphatic carbocycles. The first kappa shape index (κ1) is 22.0. The summed E-state index contributed by atoms with van der Waals surface area (Å²) in [6.07, 6.45) is 1.59. The topological polar surface area (TPSA) is 119 Å². The fourth-order valence-electron chi connectivity index (χ4n) is 2.92. The van der Waals surface area contributed by atoms with Gasteiger partial charge in [0, 0.05) is 11.4 Å². The van der Waals surface area contributed by atoms with Gasteiger partial charge in [-0.2, -0.15) is 0 Å². The van der Waals surface area contributed by atoms with E-state index in [-0.39, 0.29) is 18.0 Å². The summed E-state index contributed by atoms with van der Waals surface area (Å²) in [7, 11) is -4.11. The van der Waals surface area contributed by atoms with Crippen LogP contribution in [0.25, 0.3) is 5.69 Å². The van der Waals surface area contributed by atoms with Crippen LogP contribution in [0.2, 0.25) is 0 Å². The molecule has 0 bridgehead atoms. The van der Waals surface area contributed by atoms with Crippen molar-refractivity contribution < 1.29 is 22.0 Å². The first-order chi connectivity index (χ1) is 15.8. The Hall–Kier alpha value is -4.19. The normalized spacial score (nSPS) is 11.2. The summed E-state index contributed by atoms with van der Waals surface area (Å²) in [5, 5.41) is 13.6. The molecule has 1 aromatic heterocycles. The monoisotopic (exact) mass is 470 g/mol. The second-order valence-electron chi connectivity index (χ2n) is 6.90. The van der Waals surface area contributed by atoms with Crippen LogP contribution in [0, 0.1) is 11.6 Å². The Labute approximate surface area is 187 Å². The van der Waals surface area contributed by atoms with E-state index in [4.69, 9.17) is 0 Å². The number of aromatic nitrogens is 4. The molecule has 12 heteroatoms. The fraction of sp³-hybridized carbons (Fsp3) is 0.0476. The highest BCUT2D eigenvalue weighted by atomic mass is 32.2. The Kier molecular flexibility index (Phi) is 6.09. The number of amides is 1. The lowest BCUT2D eigenvalue weighted by atomic mass is 10.1. The number of nitrogens with zero attached hydrogens (tertiary/aromatic N) is 4. The highest BCUT2D eigenvalue weighted by molar-refractivity contribution is 7.92. The first-order valence-electron chi connectivity index (χ1n) is 9.50. The van der Waals surface area contributed by atoms with Gasteiger partial charge >= 0.3 is 0 Å². The molecule has 0 radical (unpaired) electrons. The van der Waals surface area contributed by atoms with E-state index in [1.165, 1.54) is 35.3 Å². The lowest BCUT2D eigenvalue weighted by Gasteiger charge is -2.10. The van der Waals surface area contributed by atoms with Gasteiger partial charge in [0.2, 0.25) is 5.91 Å². The minimum atomic E-state index is -4.11. The van der Waals surface area contributed by atoms with E-state index in [2.05, 4.69) is 25.6 Å². The van der Waals surface area contributed by atoms with E-state index in [1.54, 1.807) is 24.3 Å².